The molecule has 1 unspecified atom stereocenters. The van der Waals surface area contributed by atoms with Crippen LogP contribution in [-0.2, 0) is 9.63 Å². The number of oxime groups is 1. The van der Waals surface area contributed by atoms with E-state index in [0.29, 0.717) is 22.2 Å². The summed E-state index contributed by atoms with van der Waals surface area (Å²) in [5.41, 5.74) is 2.04. The van der Waals surface area contributed by atoms with Crippen LogP contribution < -0.4 is 14.8 Å². The van der Waals surface area contributed by atoms with E-state index in [4.69, 9.17) is 25.9 Å². The van der Waals surface area contributed by atoms with Crippen LogP contribution >= 0.6 is 11.6 Å². The van der Waals surface area contributed by atoms with E-state index in [9.17, 15) is 14.9 Å². The number of para-hydroxylation sites is 1. The lowest BCUT2D eigenvalue weighted by Crippen LogP contribution is -2.28. The summed E-state index contributed by atoms with van der Waals surface area (Å²) in [5.74, 6) is 0.754. The second-order valence-electron chi connectivity index (χ2n) is 7.51. The zero-order valence-corrected chi connectivity index (χ0v) is 19.0. The summed E-state index contributed by atoms with van der Waals surface area (Å²) in [5, 5.41) is 18.7. The minimum atomic E-state index is -0.901. The number of nitro benzene ring substituents is 1. The molecule has 1 amide bonds. The predicted octanol–water partition coefficient (Wildman–Crippen LogP) is 5.49. The third-order valence-electron chi connectivity index (χ3n) is 5.11. The van der Waals surface area contributed by atoms with Crippen molar-refractivity contribution >= 4 is 34.6 Å². The van der Waals surface area contributed by atoms with Gasteiger partial charge in [-0.05, 0) is 42.8 Å². The zero-order valence-electron chi connectivity index (χ0n) is 18.3. The molecule has 0 spiro atoms. The summed E-state index contributed by atoms with van der Waals surface area (Å²) < 4.78 is 11.1. The van der Waals surface area contributed by atoms with Crippen LogP contribution in [0.5, 0.6) is 17.2 Å². The number of carbonyl (C=O) groups is 1. The van der Waals surface area contributed by atoms with E-state index in [-0.39, 0.29) is 23.5 Å². The first-order valence-electron chi connectivity index (χ1n) is 10.2. The molecule has 34 heavy (non-hydrogen) atoms. The Morgan fingerprint density at radius 3 is 2.71 bits per heavy atom. The third-order valence-corrected chi connectivity index (χ3v) is 5.54. The first-order valence-corrected chi connectivity index (χ1v) is 10.6. The maximum Gasteiger partial charge on any atom is 0.275 e. The number of non-ortho nitro benzene ring substituents is 1. The standard InChI is InChI=1S/C24H20ClN3O6/c1-14-9-17(7-8-20(14)25)33-18-11-15(10-16(12-18)28(30)31)26-24(29)23-13-21(27-34-23)19-5-3-4-6-22(19)32-2/h3-12,23H,13H2,1-2H3,(H,26,29). The summed E-state index contributed by atoms with van der Waals surface area (Å²) in [6, 6.07) is 16.3. The smallest absolute Gasteiger partial charge is 0.275 e. The topological polar surface area (TPSA) is 112 Å². The average molecular weight is 482 g/mol. The number of anilines is 1. The van der Waals surface area contributed by atoms with E-state index in [0.717, 1.165) is 11.1 Å². The maximum atomic E-state index is 12.8. The van der Waals surface area contributed by atoms with Crippen molar-refractivity contribution in [1.29, 1.82) is 0 Å². The van der Waals surface area contributed by atoms with Gasteiger partial charge in [0, 0.05) is 29.1 Å². The molecule has 3 aromatic rings. The number of amides is 1. The average Bonchev–Trinajstić information content (AvgIpc) is 3.31. The quantitative estimate of drug-likeness (QED) is 0.352. The van der Waals surface area contributed by atoms with E-state index < -0.39 is 16.9 Å². The number of ether oxygens (including phenoxy) is 2. The summed E-state index contributed by atoms with van der Waals surface area (Å²) in [6.07, 6.45) is -0.684. The molecule has 9 nitrogen and oxygen atoms in total. The normalized spacial score (nSPS) is 14.7. The number of nitrogens with zero attached hydrogens (tertiary/aromatic N) is 2. The molecule has 0 bridgehead atoms. The van der Waals surface area contributed by atoms with Crippen LogP contribution in [-0.4, -0.2) is 29.8 Å². The molecule has 0 saturated heterocycles. The lowest BCUT2D eigenvalue weighted by Gasteiger charge is -2.12. The molecule has 1 heterocycles. The Balaban J connectivity index is 1.50. The van der Waals surface area contributed by atoms with Crippen LogP contribution in [0.3, 0.4) is 0 Å². The molecule has 0 fully saturated rings. The van der Waals surface area contributed by atoms with Crippen molar-refractivity contribution in [3.63, 3.8) is 0 Å². The Kier molecular flexibility index (Phi) is 6.65. The van der Waals surface area contributed by atoms with Gasteiger partial charge in [0.25, 0.3) is 11.6 Å². The first-order chi connectivity index (χ1) is 16.3. The Labute approximate surface area is 200 Å². The largest absolute Gasteiger partial charge is 0.496 e. The molecule has 1 N–H and O–H groups in total. The van der Waals surface area contributed by atoms with Gasteiger partial charge in [0.15, 0.2) is 0 Å². The molecule has 174 valence electrons. The number of halogens is 1. The Bertz CT molecular complexity index is 1290. The van der Waals surface area contributed by atoms with Gasteiger partial charge in [0.05, 0.1) is 29.5 Å². The van der Waals surface area contributed by atoms with Crippen LogP contribution in [0, 0.1) is 17.0 Å². The van der Waals surface area contributed by atoms with Crippen molar-refractivity contribution in [2.45, 2.75) is 19.4 Å². The van der Waals surface area contributed by atoms with Crippen molar-refractivity contribution in [2.75, 3.05) is 12.4 Å². The van der Waals surface area contributed by atoms with Crippen molar-refractivity contribution < 1.29 is 24.0 Å². The van der Waals surface area contributed by atoms with Gasteiger partial charge >= 0.3 is 0 Å². The van der Waals surface area contributed by atoms with Gasteiger partial charge in [-0.2, -0.15) is 0 Å². The number of hydrogen-bond acceptors (Lipinski definition) is 7. The highest BCUT2D eigenvalue weighted by atomic mass is 35.5. The number of nitrogens with one attached hydrogen (secondary N) is 1. The lowest BCUT2D eigenvalue weighted by atomic mass is 10.0. The van der Waals surface area contributed by atoms with E-state index in [2.05, 4.69) is 10.5 Å². The van der Waals surface area contributed by atoms with Gasteiger partial charge in [-0.25, -0.2) is 0 Å². The van der Waals surface area contributed by atoms with E-state index in [1.165, 1.54) is 18.2 Å². The molecule has 4 rings (SSSR count). The highest BCUT2D eigenvalue weighted by Crippen LogP contribution is 2.32. The van der Waals surface area contributed by atoms with Crippen LogP contribution in [0.15, 0.2) is 65.8 Å². The molecule has 1 atom stereocenters. The first kappa shape index (κ1) is 23.1. The van der Waals surface area contributed by atoms with Crippen LogP contribution in [0.2, 0.25) is 5.02 Å². The highest BCUT2D eigenvalue weighted by Gasteiger charge is 2.30. The van der Waals surface area contributed by atoms with Gasteiger partial charge in [0.2, 0.25) is 6.10 Å². The number of nitro groups is 1. The SMILES string of the molecule is COc1ccccc1C1=NOC(C(=O)Nc2cc(Oc3ccc(Cl)c(C)c3)cc([N+](=O)[O-])c2)C1. The lowest BCUT2D eigenvalue weighted by molar-refractivity contribution is -0.384. The summed E-state index contributed by atoms with van der Waals surface area (Å²) in [7, 11) is 1.55. The maximum absolute atomic E-state index is 12.8. The second kappa shape index (κ2) is 9.80. The summed E-state index contributed by atoms with van der Waals surface area (Å²) in [4.78, 5) is 29.0. The molecule has 0 saturated carbocycles. The van der Waals surface area contributed by atoms with Gasteiger partial charge in [-0.1, -0.05) is 28.9 Å². The Morgan fingerprint density at radius 1 is 1.18 bits per heavy atom. The van der Waals surface area contributed by atoms with Crippen molar-refractivity contribution in [2.24, 2.45) is 5.16 Å². The minimum absolute atomic E-state index is 0.185. The summed E-state index contributed by atoms with van der Waals surface area (Å²) >= 11 is 6.04. The molecule has 10 heteroatoms. The number of hydrogen-bond donors (Lipinski definition) is 1. The van der Waals surface area contributed by atoms with E-state index in [1.54, 1.807) is 31.4 Å². The molecule has 1 aliphatic rings. The molecule has 0 aliphatic carbocycles. The third kappa shape index (κ3) is 5.10. The van der Waals surface area contributed by atoms with Crippen LogP contribution in [0.4, 0.5) is 11.4 Å². The number of aryl methyl sites for hydroxylation is 1. The fourth-order valence-corrected chi connectivity index (χ4v) is 3.54. The van der Waals surface area contributed by atoms with Crippen molar-refractivity contribution in [1.82, 2.24) is 0 Å². The van der Waals surface area contributed by atoms with Crippen LogP contribution in [0.1, 0.15) is 17.5 Å². The number of methoxy groups -OCH3 is 1. The fourth-order valence-electron chi connectivity index (χ4n) is 3.42. The number of carbonyl (C=O) groups excluding carboxylic acids is 1. The van der Waals surface area contributed by atoms with Gasteiger partial charge in [0.1, 0.15) is 17.2 Å². The molecular weight excluding hydrogens is 462 g/mol. The number of rotatable bonds is 7. The second-order valence-corrected chi connectivity index (χ2v) is 7.92. The minimum Gasteiger partial charge on any atom is -0.496 e. The zero-order chi connectivity index (χ0) is 24.2. The Hall–Kier alpha value is -4.11. The molecule has 1 aliphatic heterocycles. The van der Waals surface area contributed by atoms with Gasteiger partial charge in [-0.3, -0.25) is 14.9 Å². The Morgan fingerprint density at radius 2 is 1.97 bits per heavy atom. The fraction of sp³-hybridized carbons (Fsp3) is 0.167. The van der Waals surface area contributed by atoms with Crippen molar-refractivity contribution in [3.05, 3.63) is 86.9 Å². The molecular formula is C24H20ClN3O6. The van der Waals surface area contributed by atoms with Gasteiger partial charge < -0.3 is 19.6 Å². The monoisotopic (exact) mass is 481 g/mol. The van der Waals surface area contributed by atoms with Gasteiger partial charge in [-0.15, -0.1) is 0 Å². The van der Waals surface area contributed by atoms with E-state index >= 15 is 0 Å². The highest BCUT2D eigenvalue weighted by molar-refractivity contribution is 6.31. The molecule has 3 aromatic carbocycles. The number of benzene rings is 3. The van der Waals surface area contributed by atoms with E-state index in [1.807, 2.05) is 25.1 Å². The summed E-state index contributed by atoms with van der Waals surface area (Å²) in [6.45, 7) is 1.82. The van der Waals surface area contributed by atoms with Crippen LogP contribution in [0.25, 0.3) is 0 Å². The van der Waals surface area contributed by atoms with Crippen molar-refractivity contribution in [3.8, 4) is 17.2 Å². The molecule has 0 radical (unpaired) electrons. The predicted molar refractivity (Wildman–Crippen MR) is 127 cm³/mol. The molecule has 0 aromatic heterocycles.